The van der Waals surface area contributed by atoms with Crippen LogP contribution in [-0.4, -0.2) is 23.8 Å². The fraction of sp³-hybridized carbons (Fsp3) is 0.231. The molecule has 0 aliphatic carbocycles. The first-order chi connectivity index (χ1) is 8.47. The number of phenolic OH excluding ortho intramolecular Hbond substituents is 1. The van der Waals surface area contributed by atoms with Crippen LogP contribution in [0.25, 0.3) is 10.8 Å². The van der Waals surface area contributed by atoms with Crippen LogP contribution < -0.4 is 0 Å². The maximum atomic E-state index is 10.6. The number of fused-ring (bicyclic) bond motifs is 1. The Kier molecular flexibility index (Phi) is 3.54. The summed E-state index contributed by atoms with van der Waals surface area (Å²) >= 11 is 0. The van der Waals surface area contributed by atoms with Crippen molar-refractivity contribution in [2.24, 2.45) is 0 Å². The molecular weight excluding hydrogens is 252 g/mol. The Bertz CT molecular complexity index is 662. The zero-order chi connectivity index (χ0) is 13.2. The molecule has 0 atom stereocenters. The molecular formula is C13H14O4S. The van der Waals surface area contributed by atoms with Crippen molar-refractivity contribution in [1.82, 2.24) is 0 Å². The van der Waals surface area contributed by atoms with E-state index in [1.54, 1.807) is 6.07 Å². The van der Waals surface area contributed by atoms with Crippen LogP contribution in [0.2, 0.25) is 0 Å². The molecule has 0 aromatic heterocycles. The molecule has 4 nitrogen and oxygen atoms in total. The largest absolute Gasteiger partial charge is 0.507 e. The molecule has 0 radical (unpaired) electrons. The fourth-order valence-electron chi connectivity index (χ4n) is 1.95. The van der Waals surface area contributed by atoms with E-state index < -0.39 is 10.1 Å². The molecule has 0 spiro atoms. The summed E-state index contributed by atoms with van der Waals surface area (Å²) in [7, 11) is -3.93. The van der Waals surface area contributed by atoms with Gasteiger partial charge in [0, 0.05) is 5.39 Å². The van der Waals surface area contributed by atoms with Crippen molar-refractivity contribution >= 4 is 20.9 Å². The van der Waals surface area contributed by atoms with Crippen LogP contribution in [0.5, 0.6) is 5.75 Å². The van der Waals surface area contributed by atoms with Crippen molar-refractivity contribution in [3.63, 3.8) is 0 Å². The lowest BCUT2D eigenvalue weighted by atomic mass is 10.0. The van der Waals surface area contributed by atoms with E-state index in [0.29, 0.717) is 12.0 Å². The summed E-state index contributed by atoms with van der Waals surface area (Å²) in [6.45, 7) is 0. The quantitative estimate of drug-likeness (QED) is 0.833. The number of hydrogen-bond acceptors (Lipinski definition) is 3. The van der Waals surface area contributed by atoms with Crippen LogP contribution in [0.4, 0.5) is 0 Å². The predicted molar refractivity (Wildman–Crippen MR) is 70.3 cm³/mol. The number of phenols is 1. The highest BCUT2D eigenvalue weighted by Gasteiger charge is 2.08. The fourth-order valence-corrected chi connectivity index (χ4v) is 2.46. The summed E-state index contributed by atoms with van der Waals surface area (Å²) in [5.41, 5.74) is 0.692. The Labute approximate surface area is 106 Å². The summed E-state index contributed by atoms with van der Waals surface area (Å²) in [6, 6.07) is 11.1. The van der Waals surface area contributed by atoms with E-state index in [2.05, 4.69) is 0 Å². The second kappa shape index (κ2) is 4.96. The molecule has 2 N–H and O–H groups in total. The van der Waals surface area contributed by atoms with Gasteiger partial charge in [0.2, 0.25) is 0 Å². The molecule has 2 aromatic carbocycles. The summed E-state index contributed by atoms with van der Waals surface area (Å²) in [5, 5.41) is 11.8. The van der Waals surface area contributed by atoms with Gasteiger partial charge < -0.3 is 5.11 Å². The van der Waals surface area contributed by atoms with E-state index >= 15 is 0 Å². The smallest absolute Gasteiger partial charge is 0.264 e. The molecule has 0 aliphatic rings. The molecule has 0 heterocycles. The molecule has 0 fully saturated rings. The minimum Gasteiger partial charge on any atom is -0.507 e. The Hall–Kier alpha value is -1.59. The molecule has 96 valence electrons. The van der Waals surface area contributed by atoms with Crippen molar-refractivity contribution in [2.75, 3.05) is 5.75 Å². The van der Waals surface area contributed by atoms with Crippen LogP contribution in [0, 0.1) is 0 Å². The number of benzene rings is 2. The van der Waals surface area contributed by atoms with Crippen LogP contribution in [0.3, 0.4) is 0 Å². The molecule has 2 aromatic rings. The number of aromatic hydroxyl groups is 1. The van der Waals surface area contributed by atoms with Gasteiger partial charge in [0.15, 0.2) is 0 Å². The van der Waals surface area contributed by atoms with Gasteiger partial charge in [-0.2, -0.15) is 8.42 Å². The normalized spacial score (nSPS) is 11.8. The topological polar surface area (TPSA) is 74.6 Å². The number of hydrogen-bond donors (Lipinski definition) is 2. The molecule has 0 saturated heterocycles. The Morgan fingerprint density at radius 1 is 1.06 bits per heavy atom. The van der Waals surface area contributed by atoms with Gasteiger partial charge in [0.1, 0.15) is 5.75 Å². The van der Waals surface area contributed by atoms with Gasteiger partial charge in [0.05, 0.1) is 5.75 Å². The summed E-state index contributed by atoms with van der Waals surface area (Å²) in [4.78, 5) is 0. The molecule has 0 bridgehead atoms. The Morgan fingerprint density at radius 2 is 1.78 bits per heavy atom. The standard InChI is InChI=1S/C13H14O4S/c14-13-11(5-3-9-18(15,16)17)8-7-10-4-1-2-6-12(10)13/h1-2,4,6-8,14H,3,5,9H2,(H,15,16,17). The first-order valence-electron chi connectivity index (χ1n) is 5.62. The van der Waals surface area contributed by atoms with Crippen LogP contribution in [0.15, 0.2) is 36.4 Å². The number of rotatable bonds is 4. The van der Waals surface area contributed by atoms with E-state index in [9.17, 15) is 13.5 Å². The maximum Gasteiger partial charge on any atom is 0.264 e. The minimum atomic E-state index is -3.93. The van der Waals surface area contributed by atoms with E-state index in [4.69, 9.17) is 4.55 Å². The minimum absolute atomic E-state index is 0.184. The average Bonchev–Trinajstić information content (AvgIpc) is 2.31. The number of aryl methyl sites for hydroxylation is 1. The van der Waals surface area contributed by atoms with Gasteiger partial charge in [-0.25, -0.2) is 0 Å². The monoisotopic (exact) mass is 266 g/mol. The molecule has 0 aliphatic heterocycles. The lowest BCUT2D eigenvalue weighted by molar-refractivity contribution is 0.470. The van der Waals surface area contributed by atoms with Gasteiger partial charge in [-0.3, -0.25) is 4.55 Å². The predicted octanol–water partition coefficient (Wildman–Crippen LogP) is 2.37. The summed E-state index contributed by atoms with van der Waals surface area (Å²) in [5.74, 6) is -0.109. The highest BCUT2D eigenvalue weighted by Crippen LogP contribution is 2.29. The van der Waals surface area contributed by atoms with E-state index in [0.717, 1.165) is 10.8 Å². The zero-order valence-electron chi connectivity index (χ0n) is 9.70. The Balaban J connectivity index is 2.22. The molecule has 2 rings (SSSR count). The van der Waals surface area contributed by atoms with E-state index in [-0.39, 0.29) is 17.9 Å². The second-order valence-electron chi connectivity index (χ2n) is 4.18. The van der Waals surface area contributed by atoms with Gasteiger partial charge >= 0.3 is 0 Å². The first-order valence-corrected chi connectivity index (χ1v) is 7.23. The van der Waals surface area contributed by atoms with Crippen molar-refractivity contribution in [2.45, 2.75) is 12.8 Å². The van der Waals surface area contributed by atoms with Crippen molar-refractivity contribution < 1.29 is 18.1 Å². The highest BCUT2D eigenvalue weighted by atomic mass is 32.2. The van der Waals surface area contributed by atoms with Gasteiger partial charge in [0.25, 0.3) is 10.1 Å². The van der Waals surface area contributed by atoms with Crippen LogP contribution >= 0.6 is 0 Å². The van der Waals surface area contributed by atoms with Crippen molar-refractivity contribution in [3.05, 3.63) is 42.0 Å². The summed E-state index contributed by atoms with van der Waals surface area (Å²) in [6.07, 6.45) is 0.696. The Morgan fingerprint density at radius 3 is 2.50 bits per heavy atom. The lowest BCUT2D eigenvalue weighted by Crippen LogP contribution is -2.04. The highest BCUT2D eigenvalue weighted by molar-refractivity contribution is 7.85. The van der Waals surface area contributed by atoms with E-state index in [1.165, 1.54) is 0 Å². The molecule has 0 amide bonds. The van der Waals surface area contributed by atoms with E-state index in [1.807, 2.05) is 30.3 Å². The van der Waals surface area contributed by atoms with Gasteiger partial charge in [-0.15, -0.1) is 0 Å². The third-order valence-corrected chi connectivity index (χ3v) is 3.64. The molecule has 5 heteroatoms. The first kappa shape index (κ1) is 12.9. The lowest BCUT2D eigenvalue weighted by Gasteiger charge is -2.07. The third-order valence-electron chi connectivity index (χ3n) is 2.83. The zero-order valence-corrected chi connectivity index (χ0v) is 10.5. The van der Waals surface area contributed by atoms with Crippen molar-refractivity contribution in [3.8, 4) is 5.75 Å². The molecule has 0 saturated carbocycles. The van der Waals surface area contributed by atoms with Crippen LogP contribution in [-0.2, 0) is 16.5 Å². The van der Waals surface area contributed by atoms with Crippen molar-refractivity contribution in [1.29, 1.82) is 0 Å². The van der Waals surface area contributed by atoms with Gasteiger partial charge in [-0.05, 0) is 23.8 Å². The average molecular weight is 266 g/mol. The maximum absolute atomic E-state index is 10.6. The molecule has 0 unspecified atom stereocenters. The third kappa shape index (κ3) is 3.00. The van der Waals surface area contributed by atoms with Crippen LogP contribution in [0.1, 0.15) is 12.0 Å². The van der Waals surface area contributed by atoms with Gasteiger partial charge in [-0.1, -0.05) is 36.4 Å². The summed E-state index contributed by atoms with van der Waals surface area (Å²) < 4.78 is 29.9. The SMILES string of the molecule is O=S(=O)(O)CCCc1ccc2ccccc2c1O. The second-order valence-corrected chi connectivity index (χ2v) is 5.76. The molecule has 18 heavy (non-hydrogen) atoms.